The van der Waals surface area contributed by atoms with E-state index in [1.807, 2.05) is 61.5 Å². The van der Waals surface area contributed by atoms with E-state index in [0.29, 0.717) is 11.5 Å². The smallest absolute Gasteiger partial charge is 0.279 e. The fraction of sp³-hybridized carbons (Fsp3) is 0.182. The molecule has 0 aliphatic rings. The molecule has 0 spiro atoms. The average Bonchev–Trinajstić information content (AvgIpc) is 2.71. The number of fused-ring (bicyclic) bond motifs is 1. The first-order valence-electron chi connectivity index (χ1n) is 8.95. The number of carbonyl (C=O) groups excluding carboxylic acids is 2. The van der Waals surface area contributed by atoms with Gasteiger partial charge >= 0.3 is 0 Å². The third kappa shape index (κ3) is 5.01. The van der Waals surface area contributed by atoms with Crippen LogP contribution in [0.15, 0.2) is 66.7 Å². The van der Waals surface area contributed by atoms with Crippen molar-refractivity contribution in [1.82, 2.24) is 10.9 Å². The molecule has 0 bridgehead atoms. The lowest BCUT2D eigenvalue weighted by molar-refractivity contribution is -0.133. The summed E-state index contributed by atoms with van der Waals surface area (Å²) in [6, 6.07) is 20.9. The fourth-order valence-electron chi connectivity index (χ4n) is 2.61. The Morgan fingerprint density at radius 2 is 1.64 bits per heavy atom. The summed E-state index contributed by atoms with van der Waals surface area (Å²) in [5.74, 6) is 0.277. The summed E-state index contributed by atoms with van der Waals surface area (Å²) < 4.78 is 11.1. The largest absolute Gasteiger partial charge is 0.484 e. The zero-order valence-corrected chi connectivity index (χ0v) is 15.8. The molecule has 0 heterocycles. The van der Waals surface area contributed by atoms with Gasteiger partial charge in [0, 0.05) is 0 Å². The minimum Gasteiger partial charge on any atom is -0.484 e. The minimum absolute atomic E-state index is 0.217. The molecule has 3 aromatic carbocycles. The second-order valence-electron chi connectivity index (χ2n) is 6.36. The van der Waals surface area contributed by atoms with E-state index in [9.17, 15) is 9.59 Å². The summed E-state index contributed by atoms with van der Waals surface area (Å²) in [5, 5.41) is 2.12. The number of hydrogen-bond acceptors (Lipinski definition) is 4. The highest BCUT2D eigenvalue weighted by atomic mass is 16.5. The van der Waals surface area contributed by atoms with Crippen LogP contribution in [0.5, 0.6) is 11.5 Å². The number of ether oxygens (including phenoxy) is 2. The van der Waals surface area contributed by atoms with Gasteiger partial charge in [-0.25, -0.2) is 0 Å². The Kier molecular flexibility index (Phi) is 6.11. The molecule has 0 aliphatic heterocycles. The van der Waals surface area contributed by atoms with E-state index in [4.69, 9.17) is 9.47 Å². The number of aryl methyl sites for hydroxylation is 1. The molecule has 6 nitrogen and oxygen atoms in total. The van der Waals surface area contributed by atoms with E-state index < -0.39 is 17.9 Å². The first kappa shape index (κ1) is 19.2. The molecule has 1 unspecified atom stereocenters. The molecular weight excluding hydrogens is 356 g/mol. The zero-order valence-electron chi connectivity index (χ0n) is 15.8. The van der Waals surface area contributed by atoms with Crippen molar-refractivity contribution in [1.29, 1.82) is 0 Å². The van der Waals surface area contributed by atoms with Gasteiger partial charge in [-0.1, -0.05) is 48.5 Å². The Balaban J connectivity index is 1.45. The van der Waals surface area contributed by atoms with Gasteiger partial charge in [-0.05, 0) is 48.4 Å². The standard InChI is InChI=1S/C22H22N2O4/c1-15-7-3-6-10-20(15)28-16(2)22(26)24-23-21(25)14-27-19-12-11-17-8-4-5-9-18(17)13-19/h3-13,16H,14H2,1-2H3,(H,23,25)(H,24,26). The van der Waals surface area contributed by atoms with Crippen molar-refractivity contribution < 1.29 is 19.1 Å². The molecule has 3 aromatic rings. The van der Waals surface area contributed by atoms with Gasteiger partial charge in [0.2, 0.25) is 0 Å². The number of carbonyl (C=O) groups is 2. The number of hydrazine groups is 1. The highest BCUT2D eigenvalue weighted by molar-refractivity contribution is 5.86. The van der Waals surface area contributed by atoms with Crippen LogP contribution in [-0.2, 0) is 9.59 Å². The van der Waals surface area contributed by atoms with E-state index in [1.165, 1.54) is 0 Å². The summed E-state index contributed by atoms with van der Waals surface area (Å²) in [6.07, 6.45) is -0.761. The maximum absolute atomic E-state index is 12.1. The highest BCUT2D eigenvalue weighted by Gasteiger charge is 2.16. The predicted molar refractivity (Wildman–Crippen MR) is 107 cm³/mol. The van der Waals surface area contributed by atoms with Gasteiger partial charge in [0.15, 0.2) is 12.7 Å². The van der Waals surface area contributed by atoms with Gasteiger partial charge in [0.05, 0.1) is 0 Å². The minimum atomic E-state index is -0.761. The van der Waals surface area contributed by atoms with E-state index in [2.05, 4.69) is 10.9 Å². The molecule has 1 atom stereocenters. The van der Waals surface area contributed by atoms with Gasteiger partial charge in [-0.3, -0.25) is 20.4 Å². The summed E-state index contributed by atoms with van der Waals surface area (Å²) in [4.78, 5) is 24.0. The van der Waals surface area contributed by atoms with Crippen molar-refractivity contribution in [2.45, 2.75) is 20.0 Å². The topological polar surface area (TPSA) is 76.7 Å². The van der Waals surface area contributed by atoms with Crippen molar-refractivity contribution in [3.8, 4) is 11.5 Å². The van der Waals surface area contributed by atoms with Crippen LogP contribution in [0, 0.1) is 6.92 Å². The molecule has 0 aromatic heterocycles. The van der Waals surface area contributed by atoms with Crippen LogP contribution in [0.2, 0.25) is 0 Å². The molecule has 0 fully saturated rings. The average molecular weight is 378 g/mol. The number of rotatable bonds is 6. The molecule has 144 valence electrons. The van der Waals surface area contributed by atoms with Crippen LogP contribution in [0.25, 0.3) is 10.8 Å². The van der Waals surface area contributed by atoms with Gasteiger partial charge in [-0.15, -0.1) is 0 Å². The Morgan fingerprint density at radius 3 is 2.43 bits per heavy atom. The van der Waals surface area contributed by atoms with Crippen LogP contribution in [-0.4, -0.2) is 24.5 Å². The predicted octanol–water partition coefficient (Wildman–Crippen LogP) is 3.14. The van der Waals surface area contributed by atoms with Crippen molar-refractivity contribution in [2.24, 2.45) is 0 Å². The molecular formula is C22H22N2O4. The first-order chi connectivity index (χ1) is 13.5. The van der Waals surface area contributed by atoms with E-state index >= 15 is 0 Å². The maximum Gasteiger partial charge on any atom is 0.279 e. The SMILES string of the molecule is Cc1ccccc1OC(C)C(=O)NNC(=O)COc1ccc2ccccc2c1. The van der Waals surface area contributed by atoms with Crippen molar-refractivity contribution in [2.75, 3.05) is 6.61 Å². The summed E-state index contributed by atoms with van der Waals surface area (Å²) >= 11 is 0. The second kappa shape index (κ2) is 8.90. The van der Waals surface area contributed by atoms with Crippen LogP contribution in [0.1, 0.15) is 12.5 Å². The molecule has 2 N–H and O–H groups in total. The molecule has 0 radical (unpaired) electrons. The van der Waals surface area contributed by atoms with Gasteiger partial charge < -0.3 is 9.47 Å². The first-order valence-corrected chi connectivity index (χ1v) is 8.95. The quantitative estimate of drug-likeness (QED) is 0.646. The lowest BCUT2D eigenvalue weighted by Gasteiger charge is -2.16. The lowest BCUT2D eigenvalue weighted by Crippen LogP contribution is -2.48. The maximum atomic E-state index is 12.1. The van der Waals surface area contributed by atoms with E-state index in [0.717, 1.165) is 16.3 Å². The molecule has 2 amide bonds. The summed E-state index contributed by atoms with van der Waals surface area (Å²) in [5.41, 5.74) is 5.60. The Bertz CT molecular complexity index is 987. The third-order valence-electron chi connectivity index (χ3n) is 4.18. The molecule has 0 aliphatic carbocycles. The van der Waals surface area contributed by atoms with Gasteiger partial charge in [0.25, 0.3) is 11.8 Å². The second-order valence-corrected chi connectivity index (χ2v) is 6.36. The lowest BCUT2D eigenvalue weighted by atomic mass is 10.1. The summed E-state index contributed by atoms with van der Waals surface area (Å²) in [7, 11) is 0. The van der Waals surface area contributed by atoms with Crippen molar-refractivity contribution in [3.05, 3.63) is 72.3 Å². The number of benzene rings is 3. The number of amides is 2. The van der Waals surface area contributed by atoms with Crippen LogP contribution < -0.4 is 20.3 Å². The summed E-state index contributed by atoms with van der Waals surface area (Å²) in [6.45, 7) is 3.29. The van der Waals surface area contributed by atoms with Crippen LogP contribution >= 0.6 is 0 Å². The molecule has 0 saturated carbocycles. The molecule has 0 saturated heterocycles. The molecule has 3 rings (SSSR count). The van der Waals surface area contributed by atoms with Crippen molar-refractivity contribution in [3.63, 3.8) is 0 Å². The molecule has 6 heteroatoms. The van der Waals surface area contributed by atoms with Crippen molar-refractivity contribution >= 4 is 22.6 Å². The van der Waals surface area contributed by atoms with Gasteiger partial charge in [0.1, 0.15) is 11.5 Å². The number of nitrogens with one attached hydrogen (secondary N) is 2. The number of para-hydroxylation sites is 1. The van der Waals surface area contributed by atoms with E-state index in [1.54, 1.807) is 19.1 Å². The van der Waals surface area contributed by atoms with Gasteiger partial charge in [-0.2, -0.15) is 0 Å². The number of hydrogen-bond donors (Lipinski definition) is 2. The third-order valence-corrected chi connectivity index (χ3v) is 4.18. The Labute approximate surface area is 163 Å². The Morgan fingerprint density at radius 1 is 0.929 bits per heavy atom. The Hall–Kier alpha value is -3.54. The van der Waals surface area contributed by atoms with E-state index in [-0.39, 0.29) is 6.61 Å². The monoisotopic (exact) mass is 378 g/mol. The fourth-order valence-corrected chi connectivity index (χ4v) is 2.61. The highest BCUT2D eigenvalue weighted by Crippen LogP contribution is 2.20. The van der Waals surface area contributed by atoms with Crippen LogP contribution in [0.3, 0.4) is 0 Å². The zero-order chi connectivity index (χ0) is 19.9. The molecule has 28 heavy (non-hydrogen) atoms. The normalized spacial score (nSPS) is 11.5. The van der Waals surface area contributed by atoms with Crippen LogP contribution in [0.4, 0.5) is 0 Å².